The molecule has 3 rings (SSSR count). The number of amidine groups is 1. The van der Waals surface area contributed by atoms with Crippen molar-refractivity contribution in [1.82, 2.24) is 14.9 Å². The van der Waals surface area contributed by atoms with Crippen molar-refractivity contribution in [2.24, 2.45) is 0 Å². The second-order valence-corrected chi connectivity index (χ2v) is 5.21. The molecule has 0 spiro atoms. The second-order valence-electron chi connectivity index (χ2n) is 5.21. The molecule has 1 atom stereocenters. The monoisotopic (exact) mass is 286 g/mol. The minimum Gasteiger partial charge on any atom is -0.510 e. The average Bonchev–Trinajstić information content (AvgIpc) is 2.99. The van der Waals surface area contributed by atoms with Crippen molar-refractivity contribution < 1.29 is 9.84 Å². The highest BCUT2D eigenvalue weighted by atomic mass is 16.5. The Morgan fingerprint density at radius 3 is 2.95 bits per heavy atom. The lowest BCUT2D eigenvalue weighted by molar-refractivity contribution is 0.137. The smallest absolute Gasteiger partial charge is 0.145 e. The number of para-hydroxylation sites is 2. The van der Waals surface area contributed by atoms with E-state index in [0.717, 1.165) is 11.0 Å². The van der Waals surface area contributed by atoms with Gasteiger partial charge in [0.1, 0.15) is 17.4 Å². The molecule has 6 nitrogen and oxygen atoms in total. The van der Waals surface area contributed by atoms with Gasteiger partial charge >= 0.3 is 0 Å². The molecule has 1 aliphatic rings. The number of aromatic amines is 1. The molecule has 3 N–H and O–H groups in total. The number of aliphatic hydroxyl groups excluding tert-OH is 1. The van der Waals surface area contributed by atoms with E-state index in [9.17, 15) is 5.11 Å². The van der Waals surface area contributed by atoms with Crippen molar-refractivity contribution in [3.05, 3.63) is 35.8 Å². The fraction of sp³-hybridized carbons (Fsp3) is 0.333. The summed E-state index contributed by atoms with van der Waals surface area (Å²) < 4.78 is 5.13. The predicted octanol–water partition coefficient (Wildman–Crippen LogP) is 2.16. The molecular weight excluding hydrogens is 268 g/mol. The molecule has 0 saturated carbocycles. The lowest BCUT2D eigenvalue weighted by Gasteiger charge is -2.25. The maximum absolute atomic E-state index is 10.2. The molecule has 2 aromatic rings. The number of methoxy groups -OCH3 is 1. The van der Waals surface area contributed by atoms with Crippen LogP contribution < -0.4 is 0 Å². The number of aromatic nitrogens is 2. The zero-order valence-electron chi connectivity index (χ0n) is 12.1. The van der Waals surface area contributed by atoms with Gasteiger partial charge in [-0.15, -0.1) is 0 Å². The standard InChI is InChI=1S/C15H18N4O2/c1-9(8-21-2)19-7-12(20)13(14(19)16)15-17-10-5-3-4-6-11(10)18-15/h3-6,9,16,20H,7-8H2,1-2H3,(H,17,18)/t9-/m1/s1. The maximum Gasteiger partial charge on any atom is 0.145 e. The van der Waals surface area contributed by atoms with Crippen molar-refractivity contribution in [3.63, 3.8) is 0 Å². The summed E-state index contributed by atoms with van der Waals surface area (Å²) >= 11 is 0. The Morgan fingerprint density at radius 1 is 1.48 bits per heavy atom. The first-order chi connectivity index (χ1) is 10.1. The van der Waals surface area contributed by atoms with Crippen molar-refractivity contribution in [2.45, 2.75) is 13.0 Å². The van der Waals surface area contributed by atoms with Crippen LogP contribution in [0.5, 0.6) is 0 Å². The number of H-pyrrole nitrogens is 1. The minimum atomic E-state index is 0.0199. The van der Waals surface area contributed by atoms with Crippen LogP contribution in [0.3, 0.4) is 0 Å². The average molecular weight is 286 g/mol. The lowest BCUT2D eigenvalue weighted by atomic mass is 10.2. The van der Waals surface area contributed by atoms with Gasteiger partial charge in [0, 0.05) is 7.11 Å². The van der Waals surface area contributed by atoms with E-state index in [1.165, 1.54) is 0 Å². The van der Waals surface area contributed by atoms with Gasteiger partial charge in [0.2, 0.25) is 0 Å². The van der Waals surface area contributed by atoms with E-state index < -0.39 is 0 Å². The van der Waals surface area contributed by atoms with E-state index in [1.54, 1.807) is 12.0 Å². The van der Waals surface area contributed by atoms with Gasteiger partial charge in [0.05, 0.1) is 35.8 Å². The fourth-order valence-electron chi connectivity index (χ4n) is 2.63. The first-order valence-electron chi connectivity index (χ1n) is 6.83. The van der Waals surface area contributed by atoms with Crippen molar-refractivity contribution >= 4 is 22.4 Å². The topological polar surface area (TPSA) is 85.2 Å². The van der Waals surface area contributed by atoms with Crippen LogP contribution in [0.4, 0.5) is 0 Å². The highest BCUT2D eigenvalue weighted by molar-refractivity contribution is 6.23. The first-order valence-corrected chi connectivity index (χ1v) is 6.83. The molecule has 0 fully saturated rings. The Bertz CT molecular complexity index is 686. The predicted molar refractivity (Wildman–Crippen MR) is 81.4 cm³/mol. The Kier molecular flexibility index (Phi) is 3.39. The summed E-state index contributed by atoms with van der Waals surface area (Å²) in [6.45, 7) is 2.78. The Labute approximate surface area is 122 Å². The highest BCUT2D eigenvalue weighted by Gasteiger charge is 2.32. The van der Waals surface area contributed by atoms with E-state index in [4.69, 9.17) is 10.1 Å². The number of nitrogens with one attached hydrogen (secondary N) is 2. The van der Waals surface area contributed by atoms with Crippen LogP contribution >= 0.6 is 0 Å². The Morgan fingerprint density at radius 2 is 2.24 bits per heavy atom. The number of aliphatic hydroxyl groups is 1. The minimum absolute atomic E-state index is 0.0199. The summed E-state index contributed by atoms with van der Waals surface area (Å²) in [4.78, 5) is 9.43. The van der Waals surface area contributed by atoms with Gasteiger partial charge in [-0.05, 0) is 19.1 Å². The lowest BCUT2D eigenvalue weighted by Crippen LogP contribution is -2.38. The molecule has 0 unspecified atom stereocenters. The molecule has 0 amide bonds. The molecule has 1 aliphatic heterocycles. The van der Waals surface area contributed by atoms with Gasteiger partial charge in [0.15, 0.2) is 0 Å². The quantitative estimate of drug-likeness (QED) is 0.804. The SMILES string of the molecule is COC[C@@H](C)N1CC(O)=C(c2nc3ccccc3[nH]2)C1=N. The molecule has 1 aromatic heterocycles. The fourth-order valence-corrected chi connectivity index (χ4v) is 2.63. The third kappa shape index (κ3) is 2.27. The van der Waals surface area contributed by atoms with Gasteiger partial charge in [-0.1, -0.05) is 12.1 Å². The van der Waals surface area contributed by atoms with Gasteiger partial charge in [-0.2, -0.15) is 0 Å². The third-order valence-electron chi connectivity index (χ3n) is 3.70. The summed E-state index contributed by atoms with van der Waals surface area (Å²) in [5, 5.41) is 18.5. The zero-order valence-corrected chi connectivity index (χ0v) is 12.1. The van der Waals surface area contributed by atoms with Crippen LogP contribution in [0.25, 0.3) is 16.6 Å². The molecule has 2 heterocycles. The molecule has 0 saturated heterocycles. The molecule has 0 aliphatic carbocycles. The van der Waals surface area contributed by atoms with E-state index in [-0.39, 0.29) is 17.6 Å². The third-order valence-corrected chi connectivity index (χ3v) is 3.70. The number of nitrogens with zero attached hydrogens (tertiary/aromatic N) is 2. The van der Waals surface area contributed by atoms with E-state index in [1.807, 2.05) is 31.2 Å². The Balaban J connectivity index is 1.94. The van der Waals surface area contributed by atoms with Crippen LogP contribution in [0.2, 0.25) is 0 Å². The first kappa shape index (κ1) is 13.6. The number of benzene rings is 1. The molecule has 6 heteroatoms. The van der Waals surface area contributed by atoms with E-state index in [0.29, 0.717) is 24.5 Å². The molecule has 110 valence electrons. The summed E-state index contributed by atoms with van der Waals surface area (Å²) in [5.41, 5.74) is 2.18. The molecule has 0 bridgehead atoms. The normalized spacial score (nSPS) is 17.0. The van der Waals surface area contributed by atoms with E-state index >= 15 is 0 Å². The van der Waals surface area contributed by atoms with Gasteiger partial charge in [0.25, 0.3) is 0 Å². The van der Waals surface area contributed by atoms with Crippen molar-refractivity contribution in [2.75, 3.05) is 20.3 Å². The van der Waals surface area contributed by atoms with Crippen LogP contribution in [0.15, 0.2) is 30.0 Å². The second kappa shape index (κ2) is 5.21. The molecule has 1 aromatic carbocycles. The van der Waals surface area contributed by atoms with Gasteiger partial charge < -0.3 is 19.7 Å². The molecule has 0 radical (unpaired) electrons. The number of rotatable bonds is 4. The largest absolute Gasteiger partial charge is 0.510 e. The van der Waals surface area contributed by atoms with Crippen LogP contribution in [0.1, 0.15) is 12.7 Å². The summed E-state index contributed by atoms with van der Waals surface area (Å²) in [5.74, 6) is 0.976. The van der Waals surface area contributed by atoms with Crippen LogP contribution in [0, 0.1) is 5.41 Å². The van der Waals surface area contributed by atoms with Gasteiger partial charge in [-0.25, -0.2) is 4.98 Å². The molecular formula is C15H18N4O2. The number of hydrogen-bond donors (Lipinski definition) is 3. The van der Waals surface area contributed by atoms with Gasteiger partial charge in [-0.3, -0.25) is 5.41 Å². The summed E-state index contributed by atoms with van der Waals surface area (Å²) in [6.07, 6.45) is 0. The van der Waals surface area contributed by atoms with Crippen molar-refractivity contribution in [1.29, 1.82) is 5.41 Å². The van der Waals surface area contributed by atoms with Crippen LogP contribution in [-0.2, 0) is 4.74 Å². The maximum atomic E-state index is 10.2. The number of hydrogen-bond acceptors (Lipinski definition) is 4. The number of ether oxygens (including phenoxy) is 1. The molecule has 21 heavy (non-hydrogen) atoms. The Hall–Kier alpha value is -2.34. The van der Waals surface area contributed by atoms with E-state index in [2.05, 4.69) is 9.97 Å². The number of fused-ring (bicyclic) bond motifs is 1. The highest BCUT2D eigenvalue weighted by Crippen LogP contribution is 2.28. The van der Waals surface area contributed by atoms with Crippen molar-refractivity contribution in [3.8, 4) is 0 Å². The zero-order chi connectivity index (χ0) is 15.0. The van der Waals surface area contributed by atoms with Crippen LogP contribution in [-0.4, -0.2) is 52.1 Å². The summed E-state index contributed by atoms with van der Waals surface area (Å²) in [7, 11) is 1.63. The number of imidazole rings is 1. The summed E-state index contributed by atoms with van der Waals surface area (Å²) in [6, 6.07) is 7.68.